The van der Waals surface area contributed by atoms with E-state index in [9.17, 15) is 0 Å². The molecule has 1 aromatic carbocycles. The summed E-state index contributed by atoms with van der Waals surface area (Å²) < 4.78 is 1.22. The van der Waals surface area contributed by atoms with Gasteiger partial charge in [0, 0.05) is 20.8 Å². The van der Waals surface area contributed by atoms with Crippen molar-refractivity contribution in [3.8, 4) is 0 Å². The van der Waals surface area contributed by atoms with Crippen molar-refractivity contribution in [2.24, 2.45) is 0 Å². The standard InChI is InChI=1S/C10H8Cl2S/c1-6-10(12)8-3-2-7(5-11)4-9(8)13-6/h2-4H,5H2,1H3. The monoisotopic (exact) mass is 230 g/mol. The Kier molecular flexibility index (Phi) is 2.50. The second-order valence-corrected chi connectivity index (χ2v) is 4.84. The summed E-state index contributed by atoms with van der Waals surface area (Å²) in [5.41, 5.74) is 1.15. The van der Waals surface area contributed by atoms with Gasteiger partial charge in [-0.2, -0.15) is 0 Å². The third-order valence-corrected chi connectivity index (χ3v) is 3.98. The van der Waals surface area contributed by atoms with Gasteiger partial charge < -0.3 is 0 Å². The number of alkyl halides is 1. The zero-order chi connectivity index (χ0) is 9.42. The van der Waals surface area contributed by atoms with Gasteiger partial charge in [0.1, 0.15) is 0 Å². The normalized spacial score (nSPS) is 11.0. The van der Waals surface area contributed by atoms with Crippen molar-refractivity contribution < 1.29 is 0 Å². The lowest BCUT2D eigenvalue weighted by molar-refractivity contribution is 1.43. The molecule has 0 aliphatic heterocycles. The smallest absolute Gasteiger partial charge is 0.0620 e. The highest BCUT2D eigenvalue weighted by Crippen LogP contribution is 2.35. The van der Waals surface area contributed by atoms with E-state index in [-0.39, 0.29) is 0 Å². The van der Waals surface area contributed by atoms with Crippen LogP contribution in [0.4, 0.5) is 0 Å². The van der Waals surface area contributed by atoms with Crippen LogP contribution >= 0.6 is 34.5 Å². The van der Waals surface area contributed by atoms with E-state index in [0.29, 0.717) is 5.88 Å². The molecule has 0 N–H and O–H groups in total. The molecule has 0 bridgehead atoms. The fraction of sp³-hybridized carbons (Fsp3) is 0.200. The van der Waals surface area contributed by atoms with Gasteiger partial charge in [0.2, 0.25) is 0 Å². The van der Waals surface area contributed by atoms with E-state index >= 15 is 0 Å². The van der Waals surface area contributed by atoms with Crippen molar-refractivity contribution in [1.82, 2.24) is 0 Å². The SMILES string of the molecule is Cc1sc2cc(CCl)ccc2c1Cl. The summed E-state index contributed by atoms with van der Waals surface area (Å²) in [6.45, 7) is 2.04. The van der Waals surface area contributed by atoms with Crippen LogP contribution in [-0.2, 0) is 5.88 Å². The van der Waals surface area contributed by atoms with E-state index < -0.39 is 0 Å². The molecule has 0 saturated heterocycles. The van der Waals surface area contributed by atoms with Crippen LogP contribution < -0.4 is 0 Å². The Hall–Kier alpha value is -0.240. The fourth-order valence-electron chi connectivity index (χ4n) is 1.32. The Morgan fingerprint density at radius 2 is 2.15 bits per heavy atom. The molecule has 0 amide bonds. The maximum atomic E-state index is 6.11. The molecule has 13 heavy (non-hydrogen) atoms. The largest absolute Gasteiger partial charge is 0.139 e. The zero-order valence-electron chi connectivity index (χ0n) is 7.10. The first-order valence-corrected chi connectivity index (χ1v) is 5.69. The van der Waals surface area contributed by atoms with Crippen LogP contribution in [-0.4, -0.2) is 0 Å². The zero-order valence-corrected chi connectivity index (χ0v) is 9.43. The second kappa shape index (κ2) is 3.49. The minimum absolute atomic E-state index is 0.560. The van der Waals surface area contributed by atoms with Crippen molar-refractivity contribution in [2.75, 3.05) is 0 Å². The van der Waals surface area contributed by atoms with Crippen LogP contribution in [0.2, 0.25) is 5.02 Å². The van der Waals surface area contributed by atoms with Crippen molar-refractivity contribution in [2.45, 2.75) is 12.8 Å². The van der Waals surface area contributed by atoms with E-state index in [4.69, 9.17) is 23.2 Å². The Bertz CT molecular complexity index is 445. The first-order chi connectivity index (χ1) is 6.22. The average Bonchev–Trinajstić information content (AvgIpc) is 2.42. The van der Waals surface area contributed by atoms with E-state index in [1.54, 1.807) is 11.3 Å². The van der Waals surface area contributed by atoms with Crippen LogP contribution in [0.3, 0.4) is 0 Å². The lowest BCUT2D eigenvalue weighted by Gasteiger charge is -1.94. The Morgan fingerprint density at radius 3 is 2.85 bits per heavy atom. The van der Waals surface area contributed by atoms with Crippen molar-refractivity contribution in [3.05, 3.63) is 33.7 Å². The van der Waals surface area contributed by atoms with Gasteiger partial charge in [-0.1, -0.05) is 23.7 Å². The number of hydrogen-bond acceptors (Lipinski definition) is 1. The van der Waals surface area contributed by atoms with Gasteiger partial charge in [-0.15, -0.1) is 22.9 Å². The topological polar surface area (TPSA) is 0 Å². The number of fused-ring (bicyclic) bond motifs is 1. The summed E-state index contributed by atoms with van der Waals surface area (Å²) in [4.78, 5) is 1.17. The predicted octanol–water partition coefficient (Wildman–Crippen LogP) is 4.60. The van der Waals surface area contributed by atoms with Gasteiger partial charge in [0.15, 0.2) is 0 Å². The highest BCUT2D eigenvalue weighted by Gasteiger charge is 2.06. The molecule has 1 heterocycles. The summed E-state index contributed by atoms with van der Waals surface area (Å²) in [6, 6.07) is 6.16. The molecule has 0 aliphatic carbocycles. The minimum atomic E-state index is 0.560. The molecule has 2 rings (SSSR count). The number of rotatable bonds is 1. The highest BCUT2D eigenvalue weighted by molar-refractivity contribution is 7.19. The summed E-state index contributed by atoms with van der Waals surface area (Å²) >= 11 is 13.6. The summed E-state index contributed by atoms with van der Waals surface area (Å²) in [7, 11) is 0. The van der Waals surface area contributed by atoms with Crippen molar-refractivity contribution >= 4 is 44.6 Å². The number of hydrogen-bond donors (Lipinski definition) is 0. The number of aryl methyl sites for hydroxylation is 1. The first-order valence-electron chi connectivity index (χ1n) is 3.96. The average molecular weight is 231 g/mol. The van der Waals surface area contributed by atoms with Crippen molar-refractivity contribution in [3.63, 3.8) is 0 Å². The number of halogens is 2. The molecular weight excluding hydrogens is 223 g/mol. The third-order valence-electron chi connectivity index (χ3n) is 2.01. The lowest BCUT2D eigenvalue weighted by Crippen LogP contribution is -1.74. The fourth-order valence-corrected chi connectivity index (χ4v) is 2.84. The maximum absolute atomic E-state index is 6.11. The molecule has 1 aromatic heterocycles. The van der Waals surface area contributed by atoms with Crippen LogP contribution in [0.15, 0.2) is 18.2 Å². The Labute approximate surface area is 91.1 Å². The van der Waals surface area contributed by atoms with Gasteiger partial charge in [0.25, 0.3) is 0 Å². The molecule has 0 aliphatic rings. The van der Waals surface area contributed by atoms with Gasteiger partial charge >= 0.3 is 0 Å². The maximum Gasteiger partial charge on any atom is 0.0620 e. The Balaban J connectivity index is 2.73. The third kappa shape index (κ3) is 1.56. The number of thiophene rings is 1. The summed E-state index contributed by atoms with van der Waals surface area (Å²) in [5, 5.41) is 2.01. The molecule has 0 radical (unpaired) electrons. The van der Waals surface area contributed by atoms with E-state index in [0.717, 1.165) is 16.0 Å². The van der Waals surface area contributed by atoms with Crippen LogP contribution in [0.25, 0.3) is 10.1 Å². The molecule has 2 aromatic rings. The van der Waals surface area contributed by atoms with Gasteiger partial charge in [0.05, 0.1) is 5.02 Å². The quantitative estimate of drug-likeness (QED) is 0.629. The molecule has 0 nitrogen and oxygen atoms in total. The molecule has 0 unspecified atom stereocenters. The molecule has 68 valence electrons. The molecule has 0 saturated carbocycles. The highest BCUT2D eigenvalue weighted by atomic mass is 35.5. The second-order valence-electron chi connectivity index (χ2n) is 2.94. The molecule has 3 heteroatoms. The molecule has 0 atom stereocenters. The van der Waals surface area contributed by atoms with Crippen LogP contribution in [0.5, 0.6) is 0 Å². The Morgan fingerprint density at radius 1 is 1.38 bits per heavy atom. The molecular formula is C10H8Cl2S. The molecule has 0 spiro atoms. The van der Waals surface area contributed by atoms with Gasteiger partial charge in [-0.25, -0.2) is 0 Å². The first kappa shape index (κ1) is 9.32. The van der Waals surface area contributed by atoms with Gasteiger partial charge in [-0.05, 0) is 18.6 Å². The van der Waals surface area contributed by atoms with Gasteiger partial charge in [-0.3, -0.25) is 0 Å². The van der Waals surface area contributed by atoms with E-state index in [2.05, 4.69) is 6.07 Å². The van der Waals surface area contributed by atoms with Crippen LogP contribution in [0, 0.1) is 6.92 Å². The number of benzene rings is 1. The van der Waals surface area contributed by atoms with Crippen molar-refractivity contribution in [1.29, 1.82) is 0 Å². The lowest BCUT2D eigenvalue weighted by atomic mass is 10.2. The van der Waals surface area contributed by atoms with E-state index in [1.165, 1.54) is 9.58 Å². The molecule has 0 fully saturated rings. The van der Waals surface area contributed by atoms with Crippen LogP contribution in [0.1, 0.15) is 10.4 Å². The van der Waals surface area contributed by atoms with E-state index in [1.807, 2.05) is 19.1 Å². The summed E-state index contributed by atoms with van der Waals surface area (Å²) in [5.74, 6) is 0.560. The summed E-state index contributed by atoms with van der Waals surface area (Å²) in [6.07, 6.45) is 0. The predicted molar refractivity (Wildman–Crippen MR) is 61.1 cm³/mol. The minimum Gasteiger partial charge on any atom is -0.139 e.